The van der Waals surface area contributed by atoms with Crippen LogP contribution in [0.3, 0.4) is 0 Å². The first-order chi connectivity index (χ1) is 21.2. The predicted octanol–water partition coefficient (Wildman–Crippen LogP) is 4.14. The lowest BCUT2D eigenvalue weighted by Crippen LogP contribution is -2.47. The number of nitrogens with one attached hydrogen (secondary N) is 2. The van der Waals surface area contributed by atoms with Crippen molar-refractivity contribution in [2.75, 3.05) is 24.7 Å². The highest BCUT2D eigenvalue weighted by atomic mass is 32.5. The molecule has 3 heterocycles. The van der Waals surface area contributed by atoms with E-state index in [1.165, 1.54) is 13.3 Å². The largest absolute Gasteiger partial charge is 0.462 e. The van der Waals surface area contributed by atoms with Crippen LogP contribution in [0.1, 0.15) is 33.9 Å². The maximum atomic E-state index is 16.5. The van der Waals surface area contributed by atoms with Crippen LogP contribution in [0.5, 0.6) is 5.75 Å². The number of carbonyl (C=O) groups excluding carboxylic acids is 1. The summed E-state index contributed by atoms with van der Waals surface area (Å²) < 4.78 is 56.6. The number of aromatic nitrogens is 4. The number of alkyl halides is 2. The molecule has 0 aliphatic carbocycles. The average Bonchev–Trinajstić information content (AvgIpc) is 3.48. The van der Waals surface area contributed by atoms with Gasteiger partial charge in [-0.1, -0.05) is 36.4 Å². The number of benzene rings is 2. The van der Waals surface area contributed by atoms with Crippen molar-refractivity contribution in [3.05, 3.63) is 48.8 Å². The predicted molar refractivity (Wildman–Crippen MR) is 167 cm³/mol. The molecule has 0 amide bonds. The molecule has 1 aliphatic rings. The van der Waals surface area contributed by atoms with Gasteiger partial charge >= 0.3 is 12.6 Å². The molecule has 5 N–H and O–H groups in total. The van der Waals surface area contributed by atoms with Gasteiger partial charge in [0, 0.05) is 12.4 Å². The Labute approximate surface area is 262 Å². The number of nitrogens with zero attached hydrogens (tertiary/aromatic N) is 4. The highest BCUT2D eigenvalue weighted by Gasteiger charge is 2.65. The van der Waals surface area contributed by atoms with Gasteiger partial charge in [0.15, 0.2) is 35.0 Å². The van der Waals surface area contributed by atoms with Crippen LogP contribution in [0.4, 0.5) is 20.5 Å². The van der Waals surface area contributed by atoms with Gasteiger partial charge in [-0.3, -0.25) is 9.36 Å². The maximum Gasteiger partial charge on any atom is 0.323 e. The number of imidazole rings is 1. The van der Waals surface area contributed by atoms with Gasteiger partial charge < -0.3 is 34.7 Å². The highest BCUT2D eigenvalue weighted by molar-refractivity contribution is 8.09. The summed E-state index contributed by atoms with van der Waals surface area (Å²) in [6.07, 6.45) is -3.35. The van der Waals surface area contributed by atoms with Gasteiger partial charge in [0.05, 0.1) is 12.4 Å². The number of esters is 1. The van der Waals surface area contributed by atoms with Crippen LogP contribution < -0.4 is 20.7 Å². The standard InChI is InChI=1S/C28H34F2N7O6PS/c1-15(2)41-23(38)16(3)36-44(45,43-19-12-8-10-17-9-6-7-11-18(17)19)40-13-28(30)24(39)27(4,29)25(42-28)37-14-33-20-21(32-5)34-26(31)35-22(20)37/h6-12,14-16,24-25,39H,13H2,1-5H3,(H,36,45)(H3,31,32,34,35)/t16-,24+,25-,27-,28-,44+/m1/s1. The zero-order valence-electron chi connectivity index (χ0n) is 25.1. The molecule has 6 atom stereocenters. The Kier molecular flexibility index (Phi) is 9.01. The van der Waals surface area contributed by atoms with Crippen molar-refractivity contribution in [1.82, 2.24) is 24.6 Å². The fraction of sp³-hybridized carbons (Fsp3) is 0.429. The van der Waals surface area contributed by atoms with Crippen LogP contribution in [0.15, 0.2) is 48.8 Å². The topological polar surface area (TPSA) is 168 Å². The number of nitrogen functional groups attached to an aromatic ring is 1. The first-order valence-electron chi connectivity index (χ1n) is 14.0. The van der Waals surface area contributed by atoms with Crippen LogP contribution in [0, 0.1) is 0 Å². The van der Waals surface area contributed by atoms with Gasteiger partial charge in [-0.2, -0.15) is 9.97 Å². The molecular weight excluding hydrogens is 631 g/mol. The number of ether oxygens (including phenoxy) is 2. The number of hydrogen-bond acceptors (Lipinski definition) is 12. The minimum Gasteiger partial charge on any atom is -0.462 e. The van der Waals surface area contributed by atoms with E-state index in [1.807, 2.05) is 18.2 Å². The first kappa shape index (κ1) is 32.9. The summed E-state index contributed by atoms with van der Waals surface area (Å²) in [5, 5.41) is 18.1. The smallest absolute Gasteiger partial charge is 0.323 e. The third kappa shape index (κ3) is 6.44. The monoisotopic (exact) mass is 665 g/mol. The van der Waals surface area contributed by atoms with Crippen molar-refractivity contribution in [3.63, 3.8) is 0 Å². The second-order valence-electron chi connectivity index (χ2n) is 11.0. The SMILES string of the molecule is CNc1nc(N)nc2c1ncn2[C@@H]1O[C@](F)(CO[P@@](=S)(N[C@H](C)C(=O)OC(C)C)Oc2cccc3ccccc23)[C@@H](O)[C@@]1(C)F. The Morgan fingerprint density at radius 3 is 2.64 bits per heavy atom. The molecule has 1 fully saturated rings. The zero-order chi connectivity index (χ0) is 32.7. The van der Waals surface area contributed by atoms with Gasteiger partial charge in [-0.05, 0) is 51.0 Å². The second kappa shape index (κ2) is 12.3. The Hall–Kier alpha value is -3.53. The molecule has 242 valence electrons. The number of nitrogens with two attached hydrogens (primary N) is 1. The zero-order valence-corrected chi connectivity index (χ0v) is 26.8. The first-order valence-corrected chi connectivity index (χ1v) is 16.6. The Morgan fingerprint density at radius 1 is 1.22 bits per heavy atom. The Morgan fingerprint density at radius 2 is 1.93 bits per heavy atom. The minimum absolute atomic E-state index is 0.0432. The summed E-state index contributed by atoms with van der Waals surface area (Å²) in [4.78, 5) is 25.0. The average molecular weight is 666 g/mol. The number of aliphatic hydroxyl groups is 1. The number of rotatable bonds is 11. The molecule has 0 saturated carbocycles. The van der Waals surface area contributed by atoms with Crippen LogP contribution >= 0.6 is 6.64 Å². The number of aliphatic hydroxyl groups excluding tert-OH is 1. The van der Waals surface area contributed by atoms with Crippen LogP contribution in [0.2, 0.25) is 0 Å². The molecular formula is C28H34F2N7O6PS. The minimum atomic E-state index is -3.83. The van der Waals surface area contributed by atoms with Crippen molar-refractivity contribution in [2.24, 2.45) is 0 Å². The lowest BCUT2D eigenvalue weighted by atomic mass is 9.97. The Bertz CT molecular complexity index is 1770. The third-order valence-electron chi connectivity index (χ3n) is 7.12. The third-order valence-corrected chi connectivity index (χ3v) is 9.58. The fourth-order valence-corrected chi connectivity index (χ4v) is 7.33. The molecule has 0 spiro atoms. The number of fused-ring (bicyclic) bond motifs is 2. The van der Waals surface area contributed by atoms with Gasteiger partial charge in [-0.15, -0.1) is 0 Å². The molecule has 5 rings (SSSR count). The summed E-state index contributed by atoms with van der Waals surface area (Å²) in [5.74, 6) is -3.38. The number of anilines is 2. The summed E-state index contributed by atoms with van der Waals surface area (Å²) in [6, 6.07) is 11.5. The number of hydrogen-bond donors (Lipinski definition) is 4. The molecule has 4 aromatic rings. The molecule has 0 radical (unpaired) electrons. The van der Waals surface area contributed by atoms with Crippen LogP contribution in [0.25, 0.3) is 21.9 Å². The second-order valence-corrected chi connectivity index (χ2v) is 14.1. The molecule has 2 aromatic heterocycles. The van der Waals surface area contributed by atoms with E-state index in [0.717, 1.165) is 16.9 Å². The Balaban J connectivity index is 1.45. The van der Waals surface area contributed by atoms with E-state index in [2.05, 4.69) is 25.4 Å². The lowest BCUT2D eigenvalue weighted by molar-refractivity contribution is -0.202. The highest BCUT2D eigenvalue weighted by Crippen LogP contribution is 2.52. The summed E-state index contributed by atoms with van der Waals surface area (Å²) in [6.45, 7) is 0.923. The van der Waals surface area contributed by atoms with Gasteiger partial charge in [0.1, 0.15) is 18.4 Å². The lowest BCUT2D eigenvalue weighted by Gasteiger charge is -2.30. The van der Waals surface area contributed by atoms with Crippen LogP contribution in [-0.4, -0.2) is 74.0 Å². The van der Waals surface area contributed by atoms with E-state index < -0.39 is 55.2 Å². The quantitative estimate of drug-likeness (QED) is 0.133. The van der Waals surface area contributed by atoms with E-state index in [1.54, 1.807) is 45.2 Å². The van der Waals surface area contributed by atoms with Crippen molar-refractivity contribution in [3.8, 4) is 5.75 Å². The fourth-order valence-electron chi connectivity index (χ4n) is 4.93. The summed E-state index contributed by atoms with van der Waals surface area (Å²) >= 11 is 5.75. The van der Waals surface area contributed by atoms with Gasteiger partial charge in [0.2, 0.25) is 5.95 Å². The van der Waals surface area contributed by atoms with E-state index in [4.69, 9.17) is 36.1 Å². The van der Waals surface area contributed by atoms with Crippen LogP contribution in [-0.2, 0) is 30.6 Å². The van der Waals surface area contributed by atoms with E-state index in [0.29, 0.717) is 11.1 Å². The normalized spacial score (nSPS) is 25.4. The van der Waals surface area contributed by atoms with Gasteiger partial charge in [0.25, 0.3) is 5.85 Å². The number of carbonyl (C=O) groups is 1. The molecule has 0 unspecified atom stereocenters. The van der Waals surface area contributed by atoms with Crippen molar-refractivity contribution >= 4 is 58.1 Å². The molecule has 13 nitrogen and oxygen atoms in total. The van der Waals surface area contributed by atoms with Crippen molar-refractivity contribution < 1.29 is 37.2 Å². The molecule has 2 aromatic carbocycles. The van der Waals surface area contributed by atoms with E-state index in [9.17, 15) is 9.90 Å². The molecule has 17 heteroatoms. The molecule has 1 saturated heterocycles. The molecule has 0 bridgehead atoms. The van der Waals surface area contributed by atoms with Gasteiger partial charge in [-0.25, -0.2) is 18.9 Å². The van der Waals surface area contributed by atoms with Crippen molar-refractivity contribution in [1.29, 1.82) is 0 Å². The summed E-state index contributed by atoms with van der Waals surface area (Å²) in [5.41, 5.74) is 3.36. The summed E-state index contributed by atoms with van der Waals surface area (Å²) in [7, 11) is 1.58. The van der Waals surface area contributed by atoms with Crippen molar-refractivity contribution in [2.45, 2.75) is 63.7 Å². The number of halogens is 2. The van der Waals surface area contributed by atoms with E-state index in [-0.39, 0.29) is 22.9 Å². The maximum absolute atomic E-state index is 16.5. The van der Waals surface area contributed by atoms with E-state index >= 15 is 8.78 Å². The molecule has 1 aliphatic heterocycles. The molecule has 45 heavy (non-hydrogen) atoms.